The van der Waals surface area contributed by atoms with Crippen molar-refractivity contribution in [2.45, 2.75) is 32.2 Å². The Morgan fingerprint density at radius 2 is 1.64 bits per heavy atom. The van der Waals surface area contributed by atoms with E-state index in [1.165, 1.54) is 0 Å². The topological polar surface area (TPSA) is 123 Å². The van der Waals surface area contributed by atoms with Gasteiger partial charge in [0.1, 0.15) is 18.5 Å². The number of anilines is 1. The number of carbonyl (C=O) groups excluding carboxylic acids is 1. The molecule has 2 aromatic heterocycles. The number of carbonyl (C=O) groups is 1. The van der Waals surface area contributed by atoms with Gasteiger partial charge in [-0.25, -0.2) is 15.0 Å². The van der Waals surface area contributed by atoms with Gasteiger partial charge in [0.15, 0.2) is 0 Å². The van der Waals surface area contributed by atoms with Gasteiger partial charge in [0.2, 0.25) is 11.9 Å². The van der Waals surface area contributed by atoms with Crippen molar-refractivity contribution in [1.29, 1.82) is 0 Å². The van der Waals surface area contributed by atoms with Gasteiger partial charge in [-0.3, -0.25) is 14.7 Å². The van der Waals surface area contributed by atoms with Crippen LogP contribution in [0.25, 0.3) is 11.0 Å². The van der Waals surface area contributed by atoms with Crippen LogP contribution in [-0.4, -0.2) is 74.6 Å². The van der Waals surface area contributed by atoms with Gasteiger partial charge in [0, 0.05) is 49.4 Å². The molecule has 2 fully saturated rings. The van der Waals surface area contributed by atoms with Crippen molar-refractivity contribution >= 4 is 28.6 Å². The third-order valence-corrected chi connectivity index (χ3v) is 7.16. The summed E-state index contributed by atoms with van der Waals surface area (Å²) < 4.78 is 0. The minimum absolute atomic E-state index is 0.0823. The van der Waals surface area contributed by atoms with Crippen molar-refractivity contribution in [1.82, 2.24) is 29.7 Å². The van der Waals surface area contributed by atoms with E-state index in [1.54, 1.807) is 25.7 Å². The number of oxime groups is 1. The molecular formula is C26H32N8O2. The number of para-hydroxylation sites is 2. The summed E-state index contributed by atoms with van der Waals surface area (Å²) in [6.45, 7) is 4.00. The van der Waals surface area contributed by atoms with Crippen LogP contribution in [0.5, 0.6) is 0 Å². The highest BCUT2D eigenvalue weighted by Gasteiger charge is 2.33. The highest BCUT2D eigenvalue weighted by atomic mass is 16.6. The maximum Gasteiger partial charge on any atom is 0.225 e. The van der Waals surface area contributed by atoms with Gasteiger partial charge in [0.25, 0.3) is 0 Å². The van der Waals surface area contributed by atoms with E-state index in [2.05, 4.69) is 25.0 Å². The summed E-state index contributed by atoms with van der Waals surface area (Å²) in [5.41, 5.74) is 9.85. The first-order valence-electron chi connectivity index (χ1n) is 12.5. The molecule has 36 heavy (non-hydrogen) atoms. The Kier molecular flexibility index (Phi) is 7.31. The van der Waals surface area contributed by atoms with Crippen LogP contribution in [0, 0.1) is 11.8 Å². The number of likely N-dealkylation sites (tertiary alicyclic amines) is 2. The molecule has 0 unspecified atom stereocenters. The molecule has 0 aliphatic carbocycles. The minimum Gasteiger partial charge on any atom is -0.399 e. The summed E-state index contributed by atoms with van der Waals surface area (Å²) >= 11 is 0. The van der Waals surface area contributed by atoms with Crippen LogP contribution in [0.15, 0.2) is 48.0 Å². The molecule has 10 heteroatoms. The first-order chi connectivity index (χ1) is 17.6. The van der Waals surface area contributed by atoms with Gasteiger partial charge in [-0.1, -0.05) is 17.3 Å². The Balaban J connectivity index is 1.15. The van der Waals surface area contributed by atoms with Gasteiger partial charge < -0.3 is 15.5 Å². The second-order valence-corrected chi connectivity index (χ2v) is 9.50. The lowest BCUT2D eigenvalue weighted by Crippen LogP contribution is -2.46. The smallest absolute Gasteiger partial charge is 0.225 e. The van der Waals surface area contributed by atoms with E-state index in [4.69, 9.17) is 15.6 Å². The second kappa shape index (κ2) is 10.9. The van der Waals surface area contributed by atoms with Gasteiger partial charge in [-0.05, 0) is 50.9 Å². The first kappa shape index (κ1) is 24.1. The molecular weight excluding hydrogens is 456 g/mol. The normalized spacial score (nSPS) is 18.5. The van der Waals surface area contributed by atoms with Crippen LogP contribution >= 0.6 is 0 Å². The fourth-order valence-electron chi connectivity index (χ4n) is 5.18. The molecule has 2 aliphatic rings. The largest absolute Gasteiger partial charge is 0.399 e. The Morgan fingerprint density at radius 3 is 2.33 bits per heavy atom. The Hall–Kier alpha value is -3.66. The van der Waals surface area contributed by atoms with E-state index in [0.717, 1.165) is 86.4 Å². The molecule has 1 amide bonds. The summed E-state index contributed by atoms with van der Waals surface area (Å²) in [7, 11) is 1.56. The van der Waals surface area contributed by atoms with Crippen molar-refractivity contribution in [3.8, 4) is 0 Å². The zero-order chi connectivity index (χ0) is 24.9. The Morgan fingerprint density at radius 1 is 0.972 bits per heavy atom. The van der Waals surface area contributed by atoms with Gasteiger partial charge >= 0.3 is 0 Å². The number of hydrogen-bond acceptors (Lipinski definition) is 9. The van der Waals surface area contributed by atoms with Crippen molar-refractivity contribution in [3.05, 3.63) is 54.1 Å². The highest BCUT2D eigenvalue weighted by molar-refractivity contribution is 6.01. The number of hydrogen-bond donors (Lipinski definition) is 1. The molecule has 3 aromatic rings. The van der Waals surface area contributed by atoms with Crippen LogP contribution in [0.2, 0.25) is 0 Å². The number of fused-ring (bicyclic) bond motifs is 1. The van der Waals surface area contributed by atoms with Crippen molar-refractivity contribution in [3.63, 3.8) is 0 Å². The molecule has 0 atom stereocenters. The van der Waals surface area contributed by atoms with E-state index in [0.29, 0.717) is 0 Å². The molecule has 0 saturated carbocycles. The minimum atomic E-state index is 0.0823. The number of rotatable bonds is 6. The van der Waals surface area contributed by atoms with Gasteiger partial charge in [0.05, 0.1) is 17.2 Å². The highest BCUT2D eigenvalue weighted by Crippen LogP contribution is 2.27. The zero-order valence-electron chi connectivity index (χ0n) is 20.6. The molecule has 0 spiro atoms. The van der Waals surface area contributed by atoms with E-state index in [1.807, 2.05) is 29.2 Å². The molecule has 2 saturated heterocycles. The number of nitrogens with zero attached hydrogens (tertiary/aromatic N) is 7. The SMILES string of the molecule is CO/N=C(\c1cnc2ccccc2n1)C1CCN(C(=O)C2CCN(Cc3cnc(N)nc3)CC2)CC1. The molecule has 1 aromatic carbocycles. The lowest BCUT2D eigenvalue weighted by Gasteiger charge is -2.37. The van der Waals surface area contributed by atoms with E-state index in [-0.39, 0.29) is 23.7 Å². The molecule has 5 rings (SSSR count). The number of aromatic nitrogens is 4. The molecule has 4 heterocycles. The number of amides is 1. The second-order valence-electron chi connectivity index (χ2n) is 9.50. The molecule has 2 N–H and O–H groups in total. The number of piperidine rings is 2. The van der Waals surface area contributed by atoms with Crippen molar-refractivity contribution in [2.75, 3.05) is 39.0 Å². The van der Waals surface area contributed by atoms with Crippen molar-refractivity contribution < 1.29 is 9.63 Å². The molecule has 188 valence electrons. The average Bonchev–Trinajstić information content (AvgIpc) is 2.93. The standard InChI is InChI=1S/C26H32N8O2/c1-36-32-24(23-16-28-21-4-2-3-5-22(21)31-23)19-8-12-34(13-9-19)25(35)20-6-10-33(11-7-20)17-18-14-29-26(27)30-15-18/h2-5,14-16,19-20H,6-13,17H2,1H3,(H2,27,29,30)/b32-24-. The maximum atomic E-state index is 13.3. The van der Waals surface area contributed by atoms with Crippen LogP contribution < -0.4 is 5.73 Å². The Labute approximate surface area is 210 Å². The summed E-state index contributed by atoms with van der Waals surface area (Å²) in [6, 6.07) is 7.80. The van der Waals surface area contributed by atoms with Crippen LogP contribution in [0.1, 0.15) is 36.9 Å². The van der Waals surface area contributed by atoms with Crippen LogP contribution in [-0.2, 0) is 16.2 Å². The fourth-order valence-corrected chi connectivity index (χ4v) is 5.18. The number of nitrogen functional groups attached to an aromatic ring is 1. The van der Waals surface area contributed by atoms with E-state index in [9.17, 15) is 4.79 Å². The van der Waals surface area contributed by atoms with Gasteiger partial charge in [-0.15, -0.1) is 0 Å². The quantitative estimate of drug-likeness (QED) is 0.415. The van der Waals surface area contributed by atoms with Gasteiger partial charge in [-0.2, -0.15) is 0 Å². The predicted molar refractivity (Wildman–Crippen MR) is 137 cm³/mol. The average molecular weight is 489 g/mol. The summed E-state index contributed by atoms with van der Waals surface area (Å²) in [5.74, 6) is 0.824. The summed E-state index contributed by atoms with van der Waals surface area (Å²) in [5, 5.41) is 4.32. The third kappa shape index (κ3) is 5.43. The molecule has 0 bridgehead atoms. The third-order valence-electron chi connectivity index (χ3n) is 7.16. The van der Waals surface area contributed by atoms with Crippen LogP contribution in [0.3, 0.4) is 0 Å². The number of nitrogens with two attached hydrogens (primary N) is 1. The summed E-state index contributed by atoms with van der Waals surface area (Å²) in [4.78, 5) is 40.3. The van der Waals surface area contributed by atoms with E-state index < -0.39 is 0 Å². The molecule has 0 radical (unpaired) electrons. The predicted octanol–water partition coefficient (Wildman–Crippen LogP) is 2.50. The maximum absolute atomic E-state index is 13.3. The Bertz CT molecular complexity index is 1220. The van der Waals surface area contributed by atoms with Crippen LogP contribution in [0.4, 0.5) is 5.95 Å². The first-order valence-corrected chi connectivity index (χ1v) is 12.5. The van der Waals surface area contributed by atoms with Crippen molar-refractivity contribution in [2.24, 2.45) is 17.0 Å². The lowest BCUT2D eigenvalue weighted by molar-refractivity contribution is -0.138. The van der Waals surface area contributed by atoms with E-state index >= 15 is 0 Å². The monoisotopic (exact) mass is 488 g/mol. The summed E-state index contributed by atoms with van der Waals surface area (Å²) in [6.07, 6.45) is 8.72. The lowest BCUT2D eigenvalue weighted by atomic mass is 9.88. The molecule has 10 nitrogen and oxygen atoms in total. The number of benzene rings is 1. The zero-order valence-corrected chi connectivity index (χ0v) is 20.6. The molecule has 2 aliphatic heterocycles. The fraction of sp³-hybridized carbons (Fsp3) is 0.462.